The van der Waals surface area contributed by atoms with E-state index in [0.29, 0.717) is 21.3 Å². The standard InChI is InChI=1S/C15H15Cl2NO3/c1-8-4-5-9-10(16)6-11(17)13(12(9)18-8)21-7-15(2,3)14(19)20/h4-6H,7H2,1-3H3,(H,19,20). The van der Waals surface area contributed by atoms with Gasteiger partial charge in [-0.3, -0.25) is 4.79 Å². The number of aliphatic carboxylic acids is 1. The van der Waals surface area contributed by atoms with E-state index in [4.69, 9.17) is 33.0 Å². The van der Waals surface area contributed by atoms with Crippen molar-refractivity contribution in [3.8, 4) is 5.75 Å². The van der Waals surface area contributed by atoms with Crippen LogP contribution in [0.1, 0.15) is 19.5 Å². The number of carbonyl (C=O) groups is 1. The Hall–Kier alpha value is -1.52. The summed E-state index contributed by atoms with van der Waals surface area (Å²) < 4.78 is 5.65. The molecular formula is C15H15Cl2NO3. The average Bonchev–Trinajstić information content (AvgIpc) is 2.37. The Labute approximate surface area is 132 Å². The first-order chi connectivity index (χ1) is 9.72. The smallest absolute Gasteiger partial charge is 0.312 e. The Morgan fingerprint density at radius 2 is 2.00 bits per heavy atom. The number of aryl methyl sites for hydroxylation is 1. The number of carboxylic acids is 1. The molecule has 2 aromatic rings. The van der Waals surface area contributed by atoms with E-state index in [9.17, 15) is 4.79 Å². The van der Waals surface area contributed by atoms with Crippen LogP contribution in [0.5, 0.6) is 5.75 Å². The fraction of sp³-hybridized carbons (Fsp3) is 0.333. The lowest BCUT2D eigenvalue weighted by Crippen LogP contribution is -2.30. The van der Waals surface area contributed by atoms with Crippen molar-refractivity contribution < 1.29 is 14.6 Å². The maximum atomic E-state index is 11.1. The molecule has 0 bridgehead atoms. The zero-order valence-electron chi connectivity index (χ0n) is 11.9. The summed E-state index contributed by atoms with van der Waals surface area (Å²) in [6.07, 6.45) is 0. The van der Waals surface area contributed by atoms with Crippen LogP contribution in [0, 0.1) is 12.3 Å². The lowest BCUT2D eigenvalue weighted by atomic mass is 9.95. The maximum Gasteiger partial charge on any atom is 0.312 e. The van der Waals surface area contributed by atoms with Crippen LogP contribution in [-0.4, -0.2) is 22.7 Å². The number of pyridine rings is 1. The number of halogens is 2. The second kappa shape index (κ2) is 5.70. The van der Waals surface area contributed by atoms with E-state index in [1.54, 1.807) is 19.9 Å². The molecule has 6 heteroatoms. The molecule has 0 fully saturated rings. The van der Waals surface area contributed by atoms with Crippen molar-refractivity contribution in [1.82, 2.24) is 4.98 Å². The molecule has 21 heavy (non-hydrogen) atoms. The second-order valence-electron chi connectivity index (χ2n) is 5.50. The molecule has 0 saturated heterocycles. The fourth-order valence-corrected chi connectivity index (χ4v) is 2.31. The number of hydrogen-bond donors (Lipinski definition) is 1. The van der Waals surface area contributed by atoms with Gasteiger partial charge in [0.05, 0.1) is 15.5 Å². The summed E-state index contributed by atoms with van der Waals surface area (Å²) in [7, 11) is 0. The van der Waals surface area contributed by atoms with E-state index >= 15 is 0 Å². The molecule has 0 amide bonds. The van der Waals surface area contributed by atoms with E-state index in [1.807, 2.05) is 19.1 Å². The van der Waals surface area contributed by atoms with Gasteiger partial charge in [-0.25, -0.2) is 4.98 Å². The number of aromatic nitrogens is 1. The molecule has 0 saturated carbocycles. The number of hydrogen-bond acceptors (Lipinski definition) is 3. The van der Waals surface area contributed by atoms with Crippen molar-refractivity contribution in [2.75, 3.05) is 6.61 Å². The minimum atomic E-state index is -1.03. The number of benzene rings is 1. The van der Waals surface area contributed by atoms with Gasteiger partial charge in [-0.1, -0.05) is 23.2 Å². The Bertz CT molecular complexity index is 714. The van der Waals surface area contributed by atoms with Crippen LogP contribution in [-0.2, 0) is 4.79 Å². The van der Waals surface area contributed by atoms with Gasteiger partial charge in [-0.15, -0.1) is 0 Å². The first-order valence-electron chi connectivity index (χ1n) is 6.34. The van der Waals surface area contributed by atoms with Crippen LogP contribution in [0.15, 0.2) is 18.2 Å². The summed E-state index contributed by atoms with van der Waals surface area (Å²) in [6, 6.07) is 5.25. The number of carboxylic acid groups (broad SMARTS) is 1. The van der Waals surface area contributed by atoms with Crippen LogP contribution in [0.25, 0.3) is 10.9 Å². The fourth-order valence-electron chi connectivity index (χ4n) is 1.74. The highest BCUT2D eigenvalue weighted by Crippen LogP contribution is 2.38. The average molecular weight is 328 g/mol. The summed E-state index contributed by atoms with van der Waals surface area (Å²) >= 11 is 12.3. The van der Waals surface area contributed by atoms with Gasteiger partial charge in [-0.05, 0) is 39.0 Å². The molecule has 0 radical (unpaired) electrons. The molecule has 1 aromatic carbocycles. The van der Waals surface area contributed by atoms with Gasteiger partial charge in [0, 0.05) is 11.1 Å². The summed E-state index contributed by atoms with van der Waals surface area (Å²) in [5.74, 6) is -0.588. The quantitative estimate of drug-likeness (QED) is 0.907. The number of fused-ring (bicyclic) bond motifs is 1. The molecular weight excluding hydrogens is 313 g/mol. The molecule has 0 aliphatic carbocycles. The molecule has 1 N–H and O–H groups in total. The van der Waals surface area contributed by atoms with Gasteiger partial charge in [0.25, 0.3) is 0 Å². The summed E-state index contributed by atoms with van der Waals surface area (Å²) in [5, 5.41) is 10.6. The topological polar surface area (TPSA) is 59.4 Å². The van der Waals surface area contributed by atoms with Gasteiger partial charge in [0.2, 0.25) is 0 Å². The van der Waals surface area contributed by atoms with Crippen LogP contribution in [0.3, 0.4) is 0 Å². The molecule has 112 valence electrons. The van der Waals surface area contributed by atoms with E-state index in [1.165, 1.54) is 0 Å². The van der Waals surface area contributed by atoms with Crippen molar-refractivity contribution in [2.45, 2.75) is 20.8 Å². The van der Waals surface area contributed by atoms with Crippen molar-refractivity contribution >= 4 is 40.1 Å². The summed E-state index contributed by atoms with van der Waals surface area (Å²) in [6.45, 7) is 4.99. The van der Waals surface area contributed by atoms with Gasteiger partial charge in [-0.2, -0.15) is 0 Å². The van der Waals surface area contributed by atoms with Gasteiger partial charge in [0.15, 0.2) is 5.75 Å². The molecule has 0 aliphatic heterocycles. The molecule has 0 spiro atoms. The van der Waals surface area contributed by atoms with Crippen molar-refractivity contribution in [2.24, 2.45) is 5.41 Å². The third kappa shape index (κ3) is 3.22. The van der Waals surface area contributed by atoms with E-state index in [-0.39, 0.29) is 6.61 Å². The number of nitrogens with zero attached hydrogens (tertiary/aromatic N) is 1. The number of ether oxygens (including phenoxy) is 1. The second-order valence-corrected chi connectivity index (χ2v) is 6.31. The van der Waals surface area contributed by atoms with E-state index in [2.05, 4.69) is 4.98 Å². The molecule has 0 aliphatic rings. The van der Waals surface area contributed by atoms with Gasteiger partial charge >= 0.3 is 5.97 Å². The highest BCUT2D eigenvalue weighted by Gasteiger charge is 2.29. The Kier molecular flexibility index (Phi) is 4.30. The molecule has 2 rings (SSSR count). The van der Waals surface area contributed by atoms with Crippen LogP contribution in [0.2, 0.25) is 10.0 Å². The third-order valence-electron chi connectivity index (χ3n) is 3.13. The summed E-state index contributed by atoms with van der Waals surface area (Å²) in [5.41, 5.74) is 0.302. The molecule has 1 heterocycles. The zero-order valence-corrected chi connectivity index (χ0v) is 13.4. The predicted octanol–water partition coefficient (Wildman–Crippen LogP) is 4.34. The lowest BCUT2D eigenvalue weighted by molar-refractivity contribution is -0.148. The number of rotatable bonds is 4. The van der Waals surface area contributed by atoms with Crippen molar-refractivity contribution in [3.63, 3.8) is 0 Å². The third-order valence-corrected chi connectivity index (χ3v) is 3.73. The largest absolute Gasteiger partial charge is 0.489 e. The Balaban J connectivity index is 2.48. The van der Waals surface area contributed by atoms with Crippen LogP contribution in [0.4, 0.5) is 0 Å². The Morgan fingerprint density at radius 1 is 1.33 bits per heavy atom. The first-order valence-corrected chi connectivity index (χ1v) is 7.09. The van der Waals surface area contributed by atoms with Crippen LogP contribution < -0.4 is 4.74 Å². The maximum absolute atomic E-state index is 11.1. The van der Waals surface area contributed by atoms with Crippen LogP contribution >= 0.6 is 23.2 Å². The van der Waals surface area contributed by atoms with E-state index in [0.717, 1.165) is 11.1 Å². The van der Waals surface area contributed by atoms with E-state index < -0.39 is 11.4 Å². The predicted molar refractivity (Wildman–Crippen MR) is 83.4 cm³/mol. The minimum absolute atomic E-state index is 0.0194. The zero-order chi connectivity index (χ0) is 15.8. The SMILES string of the molecule is Cc1ccc2c(Cl)cc(Cl)c(OCC(C)(C)C(=O)O)c2n1. The van der Waals surface area contributed by atoms with Gasteiger partial charge < -0.3 is 9.84 Å². The highest BCUT2D eigenvalue weighted by molar-refractivity contribution is 6.39. The molecule has 0 atom stereocenters. The molecule has 0 unspecified atom stereocenters. The monoisotopic (exact) mass is 327 g/mol. The van der Waals surface area contributed by atoms with Gasteiger partial charge in [0.1, 0.15) is 12.1 Å². The lowest BCUT2D eigenvalue weighted by Gasteiger charge is -2.21. The molecule has 4 nitrogen and oxygen atoms in total. The first kappa shape index (κ1) is 15.9. The minimum Gasteiger partial charge on any atom is -0.489 e. The van der Waals surface area contributed by atoms with Crippen molar-refractivity contribution in [3.05, 3.63) is 33.9 Å². The normalized spacial score (nSPS) is 11.7. The highest BCUT2D eigenvalue weighted by atomic mass is 35.5. The summed E-state index contributed by atoms with van der Waals surface area (Å²) in [4.78, 5) is 15.6. The molecule has 1 aromatic heterocycles. The van der Waals surface area contributed by atoms with Crippen molar-refractivity contribution in [1.29, 1.82) is 0 Å². The Morgan fingerprint density at radius 3 is 2.62 bits per heavy atom.